The highest BCUT2D eigenvalue weighted by atomic mass is 16.6. The summed E-state index contributed by atoms with van der Waals surface area (Å²) in [6.45, 7) is 1.96. The first-order valence-corrected chi connectivity index (χ1v) is 9.16. The van der Waals surface area contributed by atoms with Crippen molar-refractivity contribution in [3.63, 3.8) is 0 Å². The van der Waals surface area contributed by atoms with Crippen molar-refractivity contribution in [2.24, 2.45) is 0 Å². The number of hydrogen-bond acceptors (Lipinski definition) is 8. The molecule has 0 spiro atoms. The van der Waals surface area contributed by atoms with Crippen LogP contribution in [-0.4, -0.2) is 52.0 Å². The lowest BCUT2D eigenvalue weighted by molar-refractivity contribution is -0.384. The van der Waals surface area contributed by atoms with Gasteiger partial charge >= 0.3 is 0 Å². The second-order valence-electron chi connectivity index (χ2n) is 6.71. The molecule has 0 saturated carbocycles. The van der Waals surface area contributed by atoms with E-state index in [2.05, 4.69) is 30.5 Å². The molecule has 3 aromatic rings. The van der Waals surface area contributed by atoms with Gasteiger partial charge in [-0.1, -0.05) is 12.1 Å². The Labute approximate surface area is 169 Å². The van der Waals surface area contributed by atoms with Gasteiger partial charge in [0.1, 0.15) is 5.82 Å². The van der Waals surface area contributed by atoms with Crippen LogP contribution in [0, 0.1) is 10.1 Å². The number of rotatable bonds is 9. The molecule has 1 aromatic carbocycles. The van der Waals surface area contributed by atoms with Crippen molar-refractivity contribution >= 4 is 17.5 Å². The van der Waals surface area contributed by atoms with E-state index in [4.69, 9.17) is 0 Å². The summed E-state index contributed by atoms with van der Waals surface area (Å²) in [7, 11) is 4.00. The van der Waals surface area contributed by atoms with Crippen LogP contribution in [0.25, 0.3) is 11.3 Å². The maximum atomic E-state index is 11.0. The number of nitrogens with zero attached hydrogens (tertiary/aromatic N) is 5. The van der Waals surface area contributed by atoms with E-state index in [1.807, 2.05) is 38.4 Å². The Morgan fingerprint density at radius 3 is 2.59 bits per heavy atom. The van der Waals surface area contributed by atoms with Crippen LogP contribution >= 0.6 is 0 Å². The molecule has 0 bridgehead atoms. The van der Waals surface area contributed by atoms with Crippen LogP contribution in [0.2, 0.25) is 0 Å². The van der Waals surface area contributed by atoms with Gasteiger partial charge in [0.05, 0.1) is 10.6 Å². The number of non-ortho nitro benzene ring substituents is 1. The summed E-state index contributed by atoms with van der Waals surface area (Å²) in [6.07, 6.45) is 3.43. The predicted molar refractivity (Wildman–Crippen MR) is 113 cm³/mol. The van der Waals surface area contributed by atoms with Gasteiger partial charge in [-0.25, -0.2) is 4.98 Å². The lowest BCUT2D eigenvalue weighted by Crippen LogP contribution is -2.21. The summed E-state index contributed by atoms with van der Waals surface area (Å²) in [5, 5.41) is 17.4. The molecule has 0 fully saturated rings. The monoisotopic (exact) mass is 393 g/mol. The average Bonchev–Trinajstić information content (AvgIpc) is 2.73. The van der Waals surface area contributed by atoms with E-state index in [9.17, 15) is 10.1 Å². The Hall–Kier alpha value is -3.59. The molecule has 9 heteroatoms. The second-order valence-corrected chi connectivity index (χ2v) is 6.71. The first-order chi connectivity index (χ1) is 14.0. The lowest BCUT2D eigenvalue weighted by atomic mass is 10.2. The SMILES string of the molecule is CN(C)CCNc1nc(NCc2cccc([N+](=O)[O-])c2)cc(-c2ccncc2)n1. The molecule has 0 amide bonds. The Morgan fingerprint density at radius 1 is 1.07 bits per heavy atom. The van der Waals surface area contributed by atoms with Gasteiger partial charge in [-0.05, 0) is 31.8 Å². The molecule has 0 aliphatic rings. The van der Waals surface area contributed by atoms with Gasteiger partial charge in [-0.3, -0.25) is 15.1 Å². The van der Waals surface area contributed by atoms with Crippen molar-refractivity contribution in [2.45, 2.75) is 6.54 Å². The first-order valence-electron chi connectivity index (χ1n) is 9.16. The molecule has 9 nitrogen and oxygen atoms in total. The van der Waals surface area contributed by atoms with Crippen LogP contribution in [0.15, 0.2) is 54.9 Å². The number of aromatic nitrogens is 3. The van der Waals surface area contributed by atoms with E-state index in [0.717, 1.165) is 23.4 Å². The van der Waals surface area contributed by atoms with Crippen molar-refractivity contribution < 1.29 is 4.92 Å². The Kier molecular flexibility index (Phi) is 6.64. The van der Waals surface area contributed by atoms with Gasteiger partial charge < -0.3 is 15.5 Å². The van der Waals surface area contributed by atoms with Gasteiger partial charge in [-0.2, -0.15) is 4.98 Å². The third kappa shape index (κ3) is 5.94. The lowest BCUT2D eigenvalue weighted by Gasteiger charge is -2.13. The summed E-state index contributed by atoms with van der Waals surface area (Å²) in [5.41, 5.74) is 2.55. The van der Waals surface area contributed by atoms with Gasteiger partial charge in [0, 0.05) is 55.8 Å². The summed E-state index contributed by atoms with van der Waals surface area (Å²) in [6, 6.07) is 12.2. The number of nitro groups is 1. The standard InChI is InChI=1S/C20H23N7O2/c1-26(2)11-10-22-20-24-18(16-6-8-21-9-7-16)13-19(25-20)23-14-15-4-3-5-17(12-15)27(28)29/h3-9,12-13H,10-11,14H2,1-2H3,(H2,22,23,24,25). The van der Waals surface area contributed by atoms with E-state index < -0.39 is 4.92 Å². The summed E-state index contributed by atoms with van der Waals surface area (Å²) >= 11 is 0. The Bertz CT molecular complexity index is 964. The molecule has 3 rings (SSSR count). The number of likely N-dealkylation sites (N-methyl/N-ethyl adjacent to an activating group) is 1. The van der Waals surface area contributed by atoms with Crippen LogP contribution in [-0.2, 0) is 6.54 Å². The number of nitro benzene ring substituents is 1. The second kappa shape index (κ2) is 9.56. The molecule has 0 aliphatic heterocycles. The molecular weight excluding hydrogens is 370 g/mol. The minimum atomic E-state index is -0.400. The minimum Gasteiger partial charge on any atom is -0.366 e. The first kappa shape index (κ1) is 20.2. The van der Waals surface area contributed by atoms with Crippen LogP contribution in [0.1, 0.15) is 5.56 Å². The Balaban J connectivity index is 1.80. The number of anilines is 2. The third-order valence-electron chi connectivity index (χ3n) is 4.14. The van der Waals surface area contributed by atoms with Crippen molar-refractivity contribution in [3.05, 3.63) is 70.5 Å². The zero-order chi connectivity index (χ0) is 20.6. The molecular formula is C20H23N7O2. The average molecular weight is 393 g/mol. The van der Waals surface area contributed by atoms with E-state index in [0.29, 0.717) is 24.9 Å². The molecule has 150 valence electrons. The topological polar surface area (TPSA) is 109 Å². The minimum absolute atomic E-state index is 0.0653. The van der Waals surface area contributed by atoms with Crippen LogP contribution in [0.4, 0.5) is 17.5 Å². The van der Waals surface area contributed by atoms with Gasteiger partial charge in [0.25, 0.3) is 5.69 Å². The highest BCUT2D eigenvalue weighted by Crippen LogP contribution is 2.22. The highest BCUT2D eigenvalue weighted by Gasteiger charge is 2.09. The van der Waals surface area contributed by atoms with Crippen LogP contribution in [0.3, 0.4) is 0 Å². The predicted octanol–water partition coefficient (Wildman–Crippen LogP) is 3.03. The molecule has 0 unspecified atom stereocenters. The van der Waals surface area contributed by atoms with E-state index in [-0.39, 0.29) is 5.69 Å². The van der Waals surface area contributed by atoms with Crippen molar-refractivity contribution in [1.29, 1.82) is 0 Å². The molecule has 0 aliphatic carbocycles. The molecule has 0 saturated heterocycles. The number of benzene rings is 1. The van der Waals surface area contributed by atoms with Gasteiger partial charge in [-0.15, -0.1) is 0 Å². The van der Waals surface area contributed by atoms with Crippen LogP contribution < -0.4 is 10.6 Å². The van der Waals surface area contributed by atoms with E-state index >= 15 is 0 Å². The summed E-state index contributed by atoms with van der Waals surface area (Å²) in [5.74, 6) is 1.15. The van der Waals surface area contributed by atoms with Gasteiger partial charge in [0.2, 0.25) is 5.95 Å². The third-order valence-corrected chi connectivity index (χ3v) is 4.14. The molecule has 29 heavy (non-hydrogen) atoms. The molecule has 0 atom stereocenters. The summed E-state index contributed by atoms with van der Waals surface area (Å²) in [4.78, 5) is 25.8. The normalized spacial score (nSPS) is 10.7. The number of nitrogens with one attached hydrogen (secondary N) is 2. The molecule has 2 heterocycles. The number of pyridine rings is 1. The van der Waals surface area contributed by atoms with Crippen molar-refractivity contribution in [2.75, 3.05) is 37.8 Å². The van der Waals surface area contributed by atoms with Gasteiger partial charge in [0.15, 0.2) is 0 Å². The smallest absolute Gasteiger partial charge is 0.269 e. The quantitative estimate of drug-likeness (QED) is 0.422. The largest absolute Gasteiger partial charge is 0.366 e. The maximum absolute atomic E-state index is 11.0. The highest BCUT2D eigenvalue weighted by molar-refractivity contribution is 5.64. The fourth-order valence-corrected chi connectivity index (χ4v) is 2.65. The Morgan fingerprint density at radius 2 is 1.86 bits per heavy atom. The fraction of sp³-hybridized carbons (Fsp3) is 0.250. The van der Waals surface area contributed by atoms with Crippen LogP contribution in [0.5, 0.6) is 0 Å². The maximum Gasteiger partial charge on any atom is 0.269 e. The van der Waals surface area contributed by atoms with E-state index in [1.54, 1.807) is 24.5 Å². The molecule has 2 aromatic heterocycles. The zero-order valence-corrected chi connectivity index (χ0v) is 16.4. The number of hydrogen-bond donors (Lipinski definition) is 2. The molecule has 0 radical (unpaired) electrons. The zero-order valence-electron chi connectivity index (χ0n) is 16.4. The fourth-order valence-electron chi connectivity index (χ4n) is 2.65. The summed E-state index contributed by atoms with van der Waals surface area (Å²) < 4.78 is 0. The van der Waals surface area contributed by atoms with Crippen molar-refractivity contribution in [1.82, 2.24) is 19.9 Å². The molecule has 2 N–H and O–H groups in total. The van der Waals surface area contributed by atoms with Crippen molar-refractivity contribution in [3.8, 4) is 11.3 Å². The van der Waals surface area contributed by atoms with E-state index in [1.165, 1.54) is 6.07 Å².